The number of aromatic nitrogens is 1. The first-order chi connectivity index (χ1) is 13.4. The molecule has 1 aliphatic heterocycles. The van der Waals surface area contributed by atoms with Gasteiger partial charge in [0.15, 0.2) is 10.9 Å². The van der Waals surface area contributed by atoms with E-state index in [1.807, 2.05) is 0 Å². The number of nitrogens with zero attached hydrogens (tertiary/aromatic N) is 2. The van der Waals surface area contributed by atoms with Gasteiger partial charge in [0.05, 0.1) is 5.69 Å². The molecule has 28 heavy (non-hydrogen) atoms. The van der Waals surface area contributed by atoms with Crippen LogP contribution in [-0.2, 0) is 10.0 Å². The number of nitrogens with one attached hydrogen (secondary N) is 1. The monoisotopic (exact) mass is 421 g/mol. The molecule has 1 fully saturated rings. The summed E-state index contributed by atoms with van der Waals surface area (Å²) in [6.45, 7) is 0.902. The number of halogens is 1. The Bertz CT molecular complexity index is 1120. The van der Waals surface area contributed by atoms with E-state index in [0.29, 0.717) is 29.5 Å². The number of furan rings is 1. The highest BCUT2D eigenvalue weighted by atomic mass is 32.2. The van der Waals surface area contributed by atoms with E-state index in [4.69, 9.17) is 4.42 Å². The van der Waals surface area contributed by atoms with Crippen molar-refractivity contribution >= 4 is 32.4 Å². The van der Waals surface area contributed by atoms with Gasteiger partial charge in [-0.25, -0.2) is 17.8 Å². The average molecular weight is 421 g/mol. The third kappa shape index (κ3) is 3.71. The Labute approximate surface area is 164 Å². The van der Waals surface area contributed by atoms with Gasteiger partial charge in [0.25, 0.3) is 15.9 Å². The molecule has 0 aliphatic carbocycles. The predicted molar refractivity (Wildman–Crippen MR) is 102 cm³/mol. The second kappa shape index (κ2) is 7.46. The average Bonchev–Trinajstić information content (AvgIpc) is 3.42. The van der Waals surface area contributed by atoms with E-state index in [9.17, 15) is 17.6 Å². The second-order valence-electron chi connectivity index (χ2n) is 6.23. The largest absolute Gasteiger partial charge is 0.438 e. The number of carbonyl (C=O) groups excluding carboxylic acids is 1. The fourth-order valence-electron chi connectivity index (χ4n) is 2.91. The van der Waals surface area contributed by atoms with Gasteiger partial charge in [-0.1, -0.05) is 12.1 Å². The molecule has 1 N–H and O–H groups in total. The van der Waals surface area contributed by atoms with Gasteiger partial charge in [0.2, 0.25) is 5.09 Å². The molecule has 0 spiro atoms. The van der Waals surface area contributed by atoms with Gasteiger partial charge in [0, 0.05) is 24.0 Å². The van der Waals surface area contributed by atoms with Crippen LogP contribution in [0.1, 0.15) is 23.4 Å². The second-order valence-corrected chi connectivity index (χ2v) is 8.96. The van der Waals surface area contributed by atoms with Crippen LogP contribution in [0.5, 0.6) is 0 Å². The summed E-state index contributed by atoms with van der Waals surface area (Å²) in [4.78, 5) is 16.6. The number of hydrogen-bond donors (Lipinski definition) is 1. The Morgan fingerprint density at radius 1 is 1.21 bits per heavy atom. The molecule has 3 aromatic rings. The van der Waals surface area contributed by atoms with Crippen molar-refractivity contribution in [3.8, 4) is 11.3 Å². The molecule has 0 saturated carbocycles. The van der Waals surface area contributed by atoms with Crippen LogP contribution in [0.25, 0.3) is 11.3 Å². The summed E-state index contributed by atoms with van der Waals surface area (Å²) in [7, 11) is -3.72. The summed E-state index contributed by atoms with van der Waals surface area (Å²) in [5.41, 5.74) is 1.12. The molecule has 0 unspecified atom stereocenters. The number of rotatable bonds is 5. The van der Waals surface area contributed by atoms with Gasteiger partial charge in [-0.15, -0.1) is 11.3 Å². The SMILES string of the molecule is O=C(Nc1nc(-c2cccc(F)c2)cs1)c1ccc(S(=O)(=O)N2CCCC2)o1. The molecular formula is C18H16FN3O4S2. The lowest BCUT2D eigenvalue weighted by Crippen LogP contribution is -2.27. The van der Waals surface area contributed by atoms with Crippen LogP contribution < -0.4 is 5.32 Å². The Kier molecular flexibility index (Phi) is 5.00. The molecule has 3 heterocycles. The molecule has 1 aromatic carbocycles. The molecule has 2 aromatic heterocycles. The maximum atomic E-state index is 13.3. The first-order valence-electron chi connectivity index (χ1n) is 8.56. The van der Waals surface area contributed by atoms with E-state index in [-0.39, 0.29) is 16.7 Å². The minimum absolute atomic E-state index is 0.125. The summed E-state index contributed by atoms with van der Waals surface area (Å²) >= 11 is 1.17. The van der Waals surface area contributed by atoms with Crippen LogP contribution in [0, 0.1) is 5.82 Å². The molecular weight excluding hydrogens is 405 g/mol. The van der Waals surface area contributed by atoms with Crippen molar-refractivity contribution in [2.45, 2.75) is 17.9 Å². The fraction of sp³-hybridized carbons (Fsp3) is 0.222. The molecule has 10 heteroatoms. The van der Waals surface area contributed by atoms with Crippen molar-refractivity contribution in [3.63, 3.8) is 0 Å². The molecule has 0 bridgehead atoms. The van der Waals surface area contributed by atoms with Crippen molar-refractivity contribution in [3.05, 3.63) is 53.4 Å². The van der Waals surface area contributed by atoms with Crippen molar-refractivity contribution in [2.24, 2.45) is 0 Å². The Morgan fingerprint density at radius 2 is 2.00 bits per heavy atom. The highest BCUT2D eigenvalue weighted by molar-refractivity contribution is 7.89. The van der Waals surface area contributed by atoms with E-state index < -0.39 is 15.9 Å². The summed E-state index contributed by atoms with van der Waals surface area (Å²) in [5, 5.41) is 4.31. The zero-order valence-corrected chi connectivity index (χ0v) is 16.2. The van der Waals surface area contributed by atoms with Crippen molar-refractivity contribution in [1.29, 1.82) is 0 Å². The molecule has 1 aliphatic rings. The van der Waals surface area contributed by atoms with E-state index in [1.54, 1.807) is 17.5 Å². The first-order valence-corrected chi connectivity index (χ1v) is 10.9. The van der Waals surface area contributed by atoms with Gasteiger partial charge >= 0.3 is 0 Å². The molecule has 7 nitrogen and oxygen atoms in total. The van der Waals surface area contributed by atoms with Crippen molar-refractivity contribution < 1.29 is 22.0 Å². The normalized spacial score (nSPS) is 15.0. The smallest absolute Gasteiger partial charge is 0.293 e. The molecule has 0 radical (unpaired) electrons. The van der Waals surface area contributed by atoms with Crippen molar-refractivity contribution in [1.82, 2.24) is 9.29 Å². The summed E-state index contributed by atoms with van der Waals surface area (Å²) in [5.74, 6) is -1.11. The van der Waals surface area contributed by atoms with E-state index in [1.165, 1.54) is 39.9 Å². The van der Waals surface area contributed by atoms with E-state index in [0.717, 1.165) is 12.8 Å². The van der Waals surface area contributed by atoms with E-state index in [2.05, 4.69) is 10.3 Å². The van der Waals surface area contributed by atoms with Gasteiger partial charge in [-0.3, -0.25) is 10.1 Å². The Balaban J connectivity index is 1.48. The lowest BCUT2D eigenvalue weighted by Gasteiger charge is -2.12. The van der Waals surface area contributed by atoms with Crippen molar-refractivity contribution in [2.75, 3.05) is 18.4 Å². The van der Waals surface area contributed by atoms with Crippen LogP contribution in [0.3, 0.4) is 0 Å². The van der Waals surface area contributed by atoms with Gasteiger partial charge in [-0.05, 0) is 37.1 Å². The third-order valence-electron chi connectivity index (χ3n) is 4.31. The molecule has 0 atom stereocenters. The molecule has 1 amide bonds. The van der Waals surface area contributed by atoms with Crippen LogP contribution in [0.2, 0.25) is 0 Å². The quantitative estimate of drug-likeness (QED) is 0.680. The first kappa shape index (κ1) is 18.8. The van der Waals surface area contributed by atoms with Gasteiger partial charge in [-0.2, -0.15) is 4.31 Å². The number of anilines is 1. The molecule has 4 rings (SSSR count). The zero-order chi connectivity index (χ0) is 19.7. The zero-order valence-electron chi connectivity index (χ0n) is 14.6. The standard InChI is InChI=1S/C18H16FN3O4S2/c19-13-5-3-4-12(10-13)14-11-27-18(20-14)21-17(23)15-6-7-16(26-15)28(24,25)22-8-1-2-9-22/h3-7,10-11H,1-2,8-9H2,(H,20,21,23). The Hall–Kier alpha value is -2.56. The summed E-state index contributed by atoms with van der Waals surface area (Å²) < 4.78 is 44.9. The van der Waals surface area contributed by atoms with Crippen LogP contribution >= 0.6 is 11.3 Å². The fourth-order valence-corrected chi connectivity index (χ4v) is 5.05. The van der Waals surface area contributed by atoms with Crippen LogP contribution in [0.4, 0.5) is 9.52 Å². The lowest BCUT2D eigenvalue weighted by atomic mass is 10.2. The number of amides is 1. The maximum Gasteiger partial charge on any atom is 0.293 e. The Morgan fingerprint density at radius 3 is 2.75 bits per heavy atom. The number of sulfonamides is 1. The maximum absolute atomic E-state index is 13.3. The highest BCUT2D eigenvalue weighted by Crippen LogP contribution is 2.27. The number of thiazole rings is 1. The predicted octanol–water partition coefficient (Wildman–Crippen LogP) is 3.58. The topological polar surface area (TPSA) is 92.5 Å². The minimum atomic E-state index is -3.72. The summed E-state index contributed by atoms with van der Waals surface area (Å²) in [6, 6.07) is 8.58. The van der Waals surface area contributed by atoms with E-state index >= 15 is 0 Å². The van der Waals surface area contributed by atoms with Crippen LogP contribution in [-0.4, -0.2) is 36.7 Å². The minimum Gasteiger partial charge on any atom is -0.438 e. The molecule has 146 valence electrons. The summed E-state index contributed by atoms with van der Waals surface area (Å²) in [6.07, 6.45) is 1.62. The van der Waals surface area contributed by atoms with Gasteiger partial charge in [0.1, 0.15) is 5.82 Å². The highest BCUT2D eigenvalue weighted by Gasteiger charge is 2.30. The lowest BCUT2D eigenvalue weighted by molar-refractivity contribution is 0.0991. The third-order valence-corrected chi connectivity index (χ3v) is 6.84. The van der Waals surface area contributed by atoms with Crippen LogP contribution in [0.15, 0.2) is 51.3 Å². The number of hydrogen-bond acceptors (Lipinski definition) is 6. The molecule has 1 saturated heterocycles. The number of carbonyl (C=O) groups is 1. The van der Waals surface area contributed by atoms with Gasteiger partial charge < -0.3 is 4.42 Å². The number of benzene rings is 1.